The van der Waals surface area contributed by atoms with Crippen molar-refractivity contribution in [3.63, 3.8) is 0 Å². The van der Waals surface area contributed by atoms with Crippen LogP contribution in [0.15, 0.2) is 24.5 Å². The molecular weight excluding hydrogens is 412 g/mol. The van der Waals surface area contributed by atoms with Crippen LogP contribution >= 0.6 is 0 Å². The lowest BCUT2D eigenvalue weighted by Gasteiger charge is -2.46. The number of carboxylic acids is 1. The van der Waals surface area contributed by atoms with Crippen LogP contribution in [0.2, 0.25) is 0 Å². The molecule has 1 fully saturated rings. The first-order valence-corrected chi connectivity index (χ1v) is 13.1. The summed E-state index contributed by atoms with van der Waals surface area (Å²) in [5.41, 5.74) is 6.65. The van der Waals surface area contributed by atoms with Crippen LogP contribution in [0.3, 0.4) is 0 Å². The van der Waals surface area contributed by atoms with E-state index in [2.05, 4.69) is 49.4 Å². The highest BCUT2D eigenvalue weighted by molar-refractivity contribution is 5.85. The summed E-state index contributed by atoms with van der Waals surface area (Å²) in [5.74, 6) is 0.480. The van der Waals surface area contributed by atoms with Crippen LogP contribution in [-0.2, 0) is 0 Å². The van der Waals surface area contributed by atoms with Crippen LogP contribution in [0.1, 0.15) is 96.3 Å². The van der Waals surface area contributed by atoms with Crippen LogP contribution in [0, 0.1) is 11.8 Å². The molecule has 1 aromatic heterocycles. The molecule has 6 nitrogen and oxygen atoms in total. The van der Waals surface area contributed by atoms with Crippen molar-refractivity contribution in [3.05, 3.63) is 30.1 Å². The van der Waals surface area contributed by atoms with E-state index >= 15 is 0 Å². The molecule has 2 rings (SSSR count). The second-order valence-corrected chi connectivity index (χ2v) is 10.2. The van der Waals surface area contributed by atoms with Crippen LogP contribution in [-0.4, -0.2) is 59.1 Å². The predicted octanol–water partition coefficient (Wildman–Crippen LogP) is 4.16. The highest BCUT2D eigenvalue weighted by Gasteiger charge is 2.33. The smallest absolute Gasteiger partial charge is 0.0730 e. The lowest BCUT2D eigenvalue weighted by Crippen LogP contribution is -2.63. The summed E-state index contributed by atoms with van der Waals surface area (Å²) in [6.45, 7) is 17.2. The average molecular weight is 462 g/mol. The largest absolute Gasteiger partial charge is 0.545 e. The van der Waals surface area contributed by atoms with Crippen molar-refractivity contribution in [1.82, 2.24) is 14.8 Å². The zero-order chi connectivity index (χ0) is 24.7. The fourth-order valence-electron chi connectivity index (χ4n) is 4.75. The zero-order valence-corrected chi connectivity index (χ0v) is 21.9. The minimum Gasteiger partial charge on any atom is -0.545 e. The number of pyridine rings is 1. The highest BCUT2D eigenvalue weighted by Crippen LogP contribution is 2.22. The number of unbranched alkanes of at least 4 members (excludes halogenated alkanes) is 2. The summed E-state index contributed by atoms with van der Waals surface area (Å²) in [6, 6.07) is 2.98. The molecule has 190 valence electrons. The standard InChI is InChI=1S/C21H45N3.C6H5NO2/c1-6-10-12-19(8-3)14-23-16-21(5,22)17-24(18-23)15-20(9-4)13-11-7-2;8-6(9)5-2-1-3-7-4-5/h19-20H,6-18,22H2,1-5H3;1-4H,(H,8,9)/p-1. The fourth-order valence-corrected chi connectivity index (χ4v) is 4.75. The maximum atomic E-state index is 10.0. The maximum Gasteiger partial charge on any atom is 0.0730 e. The number of aromatic carboxylic acids is 1. The maximum absolute atomic E-state index is 10.0. The van der Waals surface area contributed by atoms with Crippen molar-refractivity contribution in [2.45, 2.75) is 91.5 Å². The highest BCUT2D eigenvalue weighted by atomic mass is 16.4. The third kappa shape index (κ3) is 12.5. The van der Waals surface area contributed by atoms with Gasteiger partial charge in [-0.2, -0.15) is 0 Å². The summed E-state index contributed by atoms with van der Waals surface area (Å²) in [6.07, 6.45) is 13.5. The van der Waals surface area contributed by atoms with Gasteiger partial charge in [-0.25, -0.2) is 0 Å². The Morgan fingerprint density at radius 2 is 1.58 bits per heavy atom. The minimum atomic E-state index is -1.19. The van der Waals surface area contributed by atoms with Crippen molar-refractivity contribution in [1.29, 1.82) is 0 Å². The molecule has 2 heterocycles. The molecule has 6 heteroatoms. The summed E-state index contributed by atoms with van der Waals surface area (Å²) in [7, 11) is 0. The third-order valence-corrected chi connectivity index (χ3v) is 6.59. The lowest BCUT2D eigenvalue weighted by molar-refractivity contribution is -0.255. The Morgan fingerprint density at radius 3 is 1.91 bits per heavy atom. The Labute approximate surface area is 202 Å². The summed E-state index contributed by atoms with van der Waals surface area (Å²) in [5, 5.41) is 10.0. The first kappa shape index (κ1) is 29.5. The number of rotatable bonds is 13. The monoisotopic (exact) mass is 461 g/mol. The van der Waals surface area contributed by atoms with Gasteiger partial charge in [0, 0.05) is 49.7 Å². The van der Waals surface area contributed by atoms with Gasteiger partial charge >= 0.3 is 0 Å². The van der Waals surface area contributed by atoms with Crippen molar-refractivity contribution >= 4 is 5.97 Å². The molecule has 1 aromatic rings. The molecule has 1 saturated heterocycles. The Morgan fingerprint density at radius 1 is 1.06 bits per heavy atom. The zero-order valence-electron chi connectivity index (χ0n) is 21.9. The second kappa shape index (κ2) is 16.2. The van der Waals surface area contributed by atoms with E-state index in [0.717, 1.165) is 31.6 Å². The third-order valence-electron chi connectivity index (χ3n) is 6.59. The Bertz CT molecular complexity index is 610. The number of carbonyl (C=O) groups excluding carboxylic acids is 1. The van der Waals surface area contributed by atoms with Gasteiger partial charge in [-0.1, -0.05) is 72.3 Å². The van der Waals surface area contributed by atoms with E-state index in [4.69, 9.17) is 5.73 Å². The van der Waals surface area contributed by atoms with E-state index < -0.39 is 5.97 Å². The summed E-state index contributed by atoms with van der Waals surface area (Å²) in [4.78, 5) is 18.9. The van der Waals surface area contributed by atoms with Crippen LogP contribution in [0.4, 0.5) is 0 Å². The van der Waals surface area contributed by atoms with Gasteiger partial charge in [-0.3, -0.25) is 14.8 Å². The molecule has 0 amide bonds. The van der Waals surface area contributed by atoms with Crippen LogP contribution in [0.5, 0.6) is 0 Å². The molecule has 0 aliphatic carbocycles. The van der Waals surface area contributed by atoms with Gasteiger partial charge in [-0.15, -0.1) is 0 Å². The lowest BCUT2D eigenvalue weighted by atomic mass is 9.94. The van der Waals surface area contributed by atoms with Crippen LogP contribution < -0.4 is 10.8 Å². The van der Waals surface area contributed by atoms with Gasteiger partial charge < -0.3 is 15.6 Å². The number of hydrogen-bond donors (Lipinski definition) is 1. The Kier molecular flexibility index (Phi) is 14.5. The molecule has 2 unspecified atom stereocenters. The number of hydrogen-bond acceptors (Lipinski definition) is 6. The van der Waals surface area contributed by atoms with Gasteiger partial charge in [-0.05, 0) is 37.7 Å². The van der Waals surface area contributed by atoms with E-state index in [-0.39, 0.29) is 11.1 Å². The molecule has 1 aliphatic rings. The molecule has 0 bridgehead atoms. The van der Waals surface area contributed by atoms with E-state index in [1.54, 1.807) is 6.07 Å². The Balaban J connectivity index is 0.000000502. The van der Waals surface area contributed by atoms with Gasteiger partial charge in [0.25, 0.3) is 0 Å². The van der Waals surface area contributed by atoms with Gasteiger partial charge in [0.15, 0.2) is 0 Å². The van der Waals surface area contributed by atoms with Crippen LogP contribution in [0.25, 0.3) is 0 Å². The van der Waals surface area contributed by atoms with Gasteiger partial charge in [0.1, 0.15) is 0 Å². The number of carbonyl (C=O) groups is 1. The molecular formula is C27H49N4O2-. The van der Waals surface area contributed by atoms with E-state index in [1.807, 2.05) is 0 Å². The topological polar surface area (TPSA) is 85.5 Å². The van der Waals surface area contributed by atoms with Gasteiger partial charge in [0.2, 0.25) is 0 Å². The minimum absolute atomic E-state index is 0.0651. The quantitative estimate of drug-likeness (QED) is 0.475. The number of nitrogens with zero attached hydrogens (tertiary/aromatic N) is 3. The molecule has 33 heavy (non-hydrogen) atoms. The second-order valence-electron chi connectivity index (χ2n) is 10.2. The fraction of sp³-hybridized carbons (Fsp3) is 0.778. The van der Waals surface area contributed by atoms with E-state index in [0.29, 0.717) is 0 Å². The molecule has 2 N–H and O–H groups in total. The van der Waals surface area contributed by atoms with Crippen molar-refractivity contribution in [2.75, 3.05) is 32.8 Å². The molecule has 0 saturated carbocycles. The molecule has 2 atom stereocenters. The van der Waals surface area contributed by atoms with E-state index in [1.165, 1.54) is 82.9 Å². The molecule has 0 aromatic carbocycles. The number of aromatic nitrogens is 1. The Hall–Kier alpha value is -1.50. The molecule has 0 spiro atoms. The van der Waals surface area contributed by atoms with Crippen molar-refractivity contribution < 1.29 is 9.90 Å². The first-order valence-electron chi connectivity index (χ1n) is 13.1. The average Bonchev–Trinajstić information content (AvgIpc) is 2.79. The summed E-state index contributed by atoms with van der Waals surface area (Å²) < 4.78 is 0. The van der Waals surface area contributed by atoms with E-state index in [9.17, 15) is 9.90 Å². The van der Waals surface area contributed by atoms with Gasteiger partial charge in [0.05, 0.1) is 12.6 Å². The normalized spacial score (nSPS) is 21.2. The number of carboxylic acid groups (broad SMARTS) is 1. The molecule has 1 aliphatic heterocycles. The van der Waals surface area contributed by atoms with Crippen molar-refractivity contribution in [2.24, 2.45) is 17.6 Å². The summed E-state index contributed by atoms with van der Waals surface area (Å²) >= 11 is 0. The SMILES string of the molecule is CCCCC(CC)CN1CN(CC(CC)CCCC)CC(C)(N)C1.O=C([O-])c1cccnc1. The van der Waals surface area contributed by atoms with Crippen molar-refractivity contribution in [3.8, 4) is 0 Å². The number of nitrogens with two attached hydrogens (primary N) is 1. The molecule has 0 radical (unpaired) electrons. The predicted molar refractivity (Wildman–Crippen MR) is 136 cm³/mol. The first-order chi connectivity index (χ1) is 15.7.